The molecule has 0 saturated carbocycles. The number of hydrogen-bond acceptors (Lipinski definition) is 1. The maximum Gasteiger partial charge on any atom is 0.155 e. The fourth-order valence-corrected chi connectivity index (χ4v) is 0.690. The Kier molecular flexibility index (Phi) is 2.82. The van der Waals surface area contributed by atoms with Gasteiger partial charge in [-0.3, -0.25) is 4.79 Å². The number of carbonyl (C=O) groups excluding carboxylic acids is 1. The van der Waals surface area contributed by atoms with E-state index >= 15 is 0 Å². The molecule has 0 rings (SSSR count). The van der Waals surface area contributed by atoms with Crippen LogP contribution >= 0.6 is 0 Å². The Labute approximate surface area is 63.1 Å². The van der Waals surface area contributed by atoms with Crippen molar-refractivity contribution in [1.82, 2.24) is 0 Å². The van der Waals surface area contributed by atoms with Gasteiger partial charge in [0.05, 0.1) is 0 Å². The summed E-state index contributed by atoms with van der Waals surface area (Å²) >= 11 is 0. The summed E-state index contributed by atoms with van der Waals surface area (Å²) < 4.78 is 0. The molecule has 0 unspecified atom stereocenters. The second-order valence-corrected chi connectivity index (χ2v) is 3.27. The molecular weight excluding hydrogens is 124 g/mol. The zero-order valence-electron chi connectivity index (χ0n) is 7.32. The molecule has 0 bridgehead atoms. The van der Waals surface area contributed by atoms with Crippen LogP contribution in [0.4, 0.5) is 0 Å². The number of rotatable bonds is 3. The zero-order chi connectivity index (χ0) is 8.36. The van der Waals surface area contributed by atoms with Crippen molar-refractivity contribution in [3.8, 4) is 0 Å². The molecule has 0 atom stereocenters. The lowest BCUT2D eigenvalue weighted by Gasteiger charge is -2.23. The van der Waals surface area contributed by atoms with Crippen LogP contribution in [0.15, 0.2) is 12.2 Å². The first-order valence-corrected chi connectivity index (χ1v) is 3.62. The van der Waals surface area contributed by atoms with Gasteiger partial charge in [0.1, 0.15) is 0 Å². The molecule has 0 amide bonds. The third-order valence-electron chi connectivity index (χ3n) is 2.13. The molecule has 0 aromatic carbocycles. The second-order valence-electron chi connectivity index (χ2n) is 3.27. The summed E-state index contributed by atoms with van der Waals surface area (Å²) in [5.41, 5.74) is 0.709. The van der Waals surface area contributed by atoms with E-state index in [4.69, 9.17) is 0 Å². The summed E-state index contributed by atoms with van der Waals surface area (Å²) in [5, 5.41) is 0. The molecule has 0 aromatic rings. The molecule has 10 heavy (non-hydrogen) atoms. The van der Waals surface area contributed by atoms with Crippen LogP contribution in [-0.2, 0) is 4.79 Å². The van der Waals surface area contributed by atoms with Gasteiger partial charge in [-0.25, -0.2) is 0 Å². The van der Waals surface area contributed by atoms with Crippen LogP contribution in [-0.4, -0.2) is 5.78 Å². The normalized spacial score (nSPS) is 11.2. The molecule has 0 aliphatic rings. The zero-order valence-corrected chi connectivity index (χ0v) is 7.32. The Morgan fingerprint density at radius 2 is 1.90 bits per heavy atom. The highest BCUT2D eigenvalue weighted by molar-refractivity contribution is 5.93. The third kappa shape index (κ3) is 1.98. The van der Waals surface area contributed by atoms with Crippen molar-refractivity contribution < 1.29 is 4.79 Å². The van der Waals surface area contributed by atoms with Gasteiger partial charge in [-0.05, 0) is 24.3 Å². The van der Waals surface area contributed by atoms with Gasteiger partial charge in [0.25, 0.3) is 0 Å². The van der Waals surface area contributed by atoms with Crippen molar-refractivity contribution in [3.63, 3.8) is 0 Å². The van der Waals surface area contributed by atoms with Crippen LogP contribution in [0.3, 0.4) is 0 Å². The van der Waals surface area contributed by atoms with Crippen molar-refractivity contribution >= 4 is 5.78 Å². The molecule has 0 N–H and O–H groups in total. The minimum atomic E-state index is -0.0220. The Morgan fingerprint density at radius 1 is 1.50 bits per heavy atom. The highest BCUT2D eigenvalue weighted by Gasteiger charge is 2.21. The number of hydrogen-bond donors (Lipinski definition) is 0. The number of ketones is 1. The molecule has 1 heteroatoms. The van der Waals surface area contributed by atoms with Gasteiger partial charge in [0.2, 0.25) is 0 Å². The lowest BCUT2D eigenvalue weighted by atomic mass is 9.81. The van der Waals surface area contributed by atoms with Gasteiger partial charge in [0, 0.05) is 0 Å². The summed E-state index contributed by atoms with van der Waals surface area (Å²) in [6, 6.07) is 0. The highest BCUT2D eigenvalue weighted by Crippen LogP contribution is 2.28. The average molecular weight is 140 g/mol. The minimum absolute atomic E-state index is 0.0220. The van der Waals surface area contributed by atoms with E-state index in [0.717, 1.165) is 12.0 Å². The maximum absolute atomic E-state index is 10.8. The van der Waals surface area contributed by atoms with E-state index in [-0.39, 0.29) is 11.2 Å². The fourth-order valence-electron chi connectivity index (χ4n) is 0.690. The van der Waals surface area contributed by atoms with Crippen LogP contribution in [0.5, 0.6) is 0 Å². The number of allylic oxidation sites excluding steroid dienone is 1. The van der Waals surface area contributed by atoms with Crippen molar-refractivity contribution in [1.29, 1.82) is 0 Å². The van der Waals surface area contributed by atoms with Gasteiger partial charge in [-0.15, -0.1) is 0 Å². The van der Waals surface area contributed by atoms with Crippen LogP contribution < -0.4 is 0 Å². The molecule has 0 spiro atoms. The lowest BCUT2D eigenvalue weighted by Crippen LogP contribution is -2.17. The molecule has 0 radical (unpaired) electrons. The Bertz CT molecular complexity index is 154. The smallest absolute Gasteiger partial charge is 0.155 e. The monoisotopic (exact) mass is 140 g/mol. The molecule has 58 valence electrons. The lowest BCUT2D eigenvalue weighted by molar-refractivity contribution is -0.114. The van der Waals surface area contributed by atoms with Gasteiger partial charge in [0.15, 0.2) is 5.78 Å². The van der Waals surface area contributed by atoms with E-state index in [1.54, 1.807) is 6.92 Å². The van der Waals surface area contributed by atoms with E-state index in [0.29, 0.717) is 0 Å². The quantitative estimate of drug-likeness (QED) is 0.551. The maximum atomic E-state index is 10.8. The molecule has 0 aliphatic heterocycles. The van der Waals surface area contributed by atoms with Crippen LogP contribution in [0.2, 0.25) is 0 Å². The van der Waals surface area contributed by atoms with Crippen molar-refractivity contribution in [2.24, 2.45) is 5.41 Å². The van der Waals surface area contributed by atoms with Gasteiger partial charge < -0.3 is 0 Å². The molecule has 0 aliphatic carbocycles. The Hall–Kier alpha value is -0.590. The fraction of sp³-hybridized carbons (Fsp3) is 0.667. The van der Waals surface area contributed by atoms with Crippen LogP contribution in [0, 0.1) is 5.41 Å². The SMILES string of the molecule is C=C(C(C)=O)C(C)(C)CC. The predicted octanol–water partition coefficient (Wildman–Crippen LogP) is 2.57. The standard InChI is InChI=1S/C9H16O/c1-6-9(4,5)7(2)8(3)10/h2,6H2,1,3-5H3. The molecule has 0 fully saturated rings. The van der Waals surface area contributed by atoms with Crippen molar-refractivity contribution in [2.45, 2.75) is 34.1 Å². The Balaban J connectivity index is 4.33. The van der Waals surface area contributed by atoms with E-state index in [9.17, 15) is 4.79 Å². The highest BCUT2D eigenvalue weighted by atomic mass is 16.1. The Morgan fingerprint density at radius 3 is 2.00 bits per heavy atom. The first kappa shape index (κ1) is 9.41. The summed E-state index contributed by atoms with van der Waals surface area (Å²) in [4.78, 5) is 10.8. The van der Waals surface area contributed by atoms with Crippen LogP contribution in [0.1, 0.15) is 34.1 Å². The van der Waals surface area contributed by atoms with Crippen molar-refractivity contribution in [2.75, 3.05) is 0 Å². The summed E-state index contributed by atoms with van der Waals surface area (Å²) in [6.07, 6.45) is 0.964. The summed E-state index contributed by atoms with van der Waals surface area (Å²) in [6.45, 7) is 11.5. The largest absolute Gasteiger partial charge is 0.295 e. The third-order valence-corrected chi connectivity index (χ3v) is 2.13. The molecular formula is C9H16O. The van der Waals surface area contributed by atoms with Gasteiger partial charge in [-0.2, -0.15) is 0 Å². The van der Waals surface area contributed by atoms with Gasteiger partial charge >= 0.3 is 0 Å². The number of Topliss-reactive ketones (excluding diaryl/α,β-unsaturated/α-hetero) is 1. The van der Waals surface area contributed by atoms with Gasteiger partial charge in [-0.1, -0.05) is 27.4 Å². The van der Waals surface area contributed by atoms with E-state index in [1.165, 1.54) is 0 Å². The minimum Gasteiger partial charge on any atom is -0.295 e. The summed E-state index contributed by atoms with van der Waals surface area (Å²) in [7, 11) is 0. The molecule has 0 heterocycles. The van der Waals surface area contributed by atoms with E-state index < -0.39 is 0 Å². The summed E-state index contributed by atoms with van der Waals surface area (Å²) in [5.74, 6) is 0.104. The predicted molar refractivity (Wildman–Crippen MR) is 43.9 cm³/mol. The van der Waals surface area contributed by atoms with E-state index in [1.807, 2.05) is 13.8 Å². The first-order valence-electron chi connectivity index (χ1n) is 3.62. The average Bonchev–Trinajstić information content (AvgIpc) is 1.86. The number of carbonyl (C=O) groups is 1. The first-order chi connectivity index (χ1) is 4.41. The van der Waals surface area contributed by atoms with Crippen LogP contribution in [0.25, 0.3) is 0 Å². The molecule has 0 saturated heterocycles. The second kappa shape index (κ2) is 3.00. The molecule has 1 nitrogen and oxygen atoms in total. The topological polar surface area (TPSA) is 17.1 Å². The molecule has 0 aromatic heterocycles. The van der Waals surface area contributed by atoms with Crippen molar-refractivity contribution in [3.05, 3.63) is 12.2 Å². The van der Waals surface area contributed by atoms with E-state index in [2.05, 4.69) is 13.5 Å².